The summed E-state index contributed by atoms with van der Waals surface area (Å²) in [7, 11) is 0. The Morgan fingerprint density at radius 3 is 2.63 bits per heavy atom. The quantitative estimate of drug-likeness (QED) is 0.584. The largest absolute Gasteiger partial charge is 0.463 e. The Labute approximate surface area is 115 Å². The van der Waals surface area contributed by atoms with Crippen LogP contribution in [0.25, 0.3) is 6.08 Å². The maximum atomic E-state index is 11.5. The average molecular weight is 258 g/mol. The van der Waals surface area contributed by atoms with E-state index in [1.165, 1.54) is 38.2 Å². The number of ether oxygens (including phenoxy) is 1. The van der Waals surface area contributed by atoms with Crippen LogP contribution in [0.2, 0.25) is 0 Å². The minimum absolute atomic E-state index is 0.236. The Balaban J connectivity index is 1.65. The minimum Gasteiger partial charge on any atom is -0.463 e. The van der Waals surface area contributed by atoms with Crippen LogP contribution >= 0.6 is 0 Å². The molecular formula is C17H22O2. The summed E-state index contributed by atoms with van der Waals surface area (Å²) in [5.41, 5.74) is 1.02. The lowest BCUT2D eigenvalue weighted by Gasteiger charge is -2.20. The maximum absolute atomic E-state index is 11.5. The van der Waals surface area contributed by atoms with Crippen molar-refractivity contribution in [1.82, 2.24) is 0 Å². The molecule has 2 nitrogen and oxygen atoms in total. The fourth-order valence-electron chi connectivity index (χ4n) is 2.58. The van der Waals surface area contributed by atoms with E-state index in [2.05, 4.69) is 0 Å². The van der Waals surface area contributed by atoms with E-state index >= 15 is 0 Å². The van der Waals surface area contributed by atoms with E-state index < -0.39 is 0 Å². The molecule has 19 heavy (non-hydrogen) atoms. The highest BCUT2D eigenvalue weighted by Crippen LogP contribution is 2.26. The van der Waals surface area contributed by atoms with E-state index in [0.29, 0.717) is 6.61 Å². The fraction of sp³-hybridized carbons (Fsp3) is 0.471. The lowest BCUT2D eigenvalue weighted by Crippen LogP contribution is -2.11. The van der Waals surface area contributed by atoms with Crippen molar-refractivity contribution in [3.05, 3.63) is 42.0 Å². The zero-order chi connectivity index (χ0) is 13.3. The maximum Gasteiger partial charge on any atom is 0.330 e. The second-order valence-electron chi connectivity index (χ2n) is 5.20. The highest BCUT2D eigenvalue weighted by atomic mass is 16.5. The molecule has 0 amide bonds. The average Bonchev–Trinajstić information content (AvgIpc) is 2.47. The summed E-state index contributed by atoms with van der Waals surface area (Å²) in [4.78, 5) is 11.5. The molecule has 0 saturated heterocycles. The van der Waals surface area contributed by atoms with Crippen molar-refractivity contribution >= 4 is 12.0 Å². The SMILES string of the molecule is O=C(/C=C/c1ccccc1)OCCC1CCCCC1. The van der Waals surface area contributed by atoms with Gasteiger partial charge < -0.3 is 4.74 Å². The Bertz CT molecular complexity index is 403. The first kappa shape index (κ1) is 13.9. The second-order valence-corrected chi connectivity index (χ2v) is 5.20. The number of hydrogen-bond donors (Lipinski definition) is 0. The summed E-state index contributed by atoms with van der Waals surface area (Å²) in [6.45, 7) is 0.558. The van der Waals surface area contributed by atoms with Crippen LogP contribution in [-0.2, 0) is 9.53 Å². The first-order valence-electron chi connectivity index (χ1n) is 7.24. The third-order valence-electron chi connectivity index (χ3n) is 3.71. The molecule has 0 aromatic heterocycles. The first-order chi connectivity index (χ1) is 9.34. The van der Waals surface area contributed by atoms with Gasteiger partial charge in [0.1, 0.15) is 0 Å². The van der Waals surface area contributed by atoms with Crippen LogP contribution in [-0.4, -0.2) is 12.6 Å². The Kier molecular flexibility index (Phi) is 5.67. The van der Waals surface area contributed by atoms with Crippen molar-refractivity contribution < 1.29 is 9.53 Å². The lowest BCUT2D eigenvalue weighted by molar-refractivity contribution is -0.138. The number of hydrogen-bond acceptors (Lipinski definition) is 2. The van der Waals surface area contributed by atoms with Crippen LogP contribution in [0.5, 0.6) is 0 Å². The summed E-state index contributed by atoms with van der Waals surface area (Å²) in [5.74, 6) is 0.527. The van der Waals surface area contributed by atoms with E-state index in [-0.39, 0.29) is 5.97 Å². The lowest BCUT2D eigenvalue weighted by atomic mass is 9.87. The highest BCUT2D eigenvalue weighted by Gasteiger charge is 2.13. The zero-order valence-electron chi connectivity index (χ0n) is 11.4. The third kappa shape index (κ3) is 5.29. The molecule has 0 spiro atoms. The van der Waals surface area contributed by atoms with Gasteiger partial charge in [-0.1, -0.05) is 62.4 Å². The minimum atomic E-state index is -0.236. The number of carbonyl (C=O) groups excluding carboxylic acids is 1. The van der Waals surface area contributed by atoms with Crippen molar-refractivity contribution in [3.8, 4) is 0 Å². The highest BCUT2D eigenvalue weighted by molar-refractivity contribution is 5.86. The van der Waals surface area contributed by atoms with Crippen molar-refractivity contribution in [3.63, 3.8) is 0 Å². The van der Waals surface area contributed by atoms with Gasteiger partial charge in [0.25, 0.3) is 0 Å². The molecule has 1 fully saturated rings. The Morgan fingerprint density at radius 1 is 1.16 bits per heavy atom. The molecule has 0 heterocycles. The molecule has 0 aliphatic heterocycles. The molecule has 1 aromatic carbocycles. The summed E-state index contributed by atoms with van der Waals surface area (Å²) in [6.07, 6.45) is 11.0. The molecule has 1 aliphatic carbocycles. The molecule has 2 heteroatoms. The first-order valence-corrected chi connectivity index (χ1v) is 7.24. The molecule has 0 N–H and O–H groups in total. The van der Waals surface area contributed by atoms with E-state index in [4.69, 9.17) is 4.74 Å². The summed E-state index contributed by atoms with van der Waals surface area (Å²) in [5, 5.41) is 0. The van der Waals surface area contributed by atoms with E-state index in [9.17, 15) is 4.79 Å². The van der Waals surface area contributed by atoms with Crippen molar-refractivity contribution in [1.29, 1.82) is 0 Å². The van der Waals surface area contributed by atoms with E-state index in [0.717, 1.165) is 17.9 Å². The molecular weight excluding hydrogens is 236 g/mol. The number of benzene rings is 1. The van der Waals surface area contributed by atoms with Crippen LogP contribution in [0.1, 0.15) is 44.1 Å². The monoisotopic (exact) mass is 258 g/mol. The van der Waals surface area contributed by atoms with Gasteiger partial charge in [-0.15, -0.1) is 0 Å². The molecule has 0 unspecified atom stereocenters. The Morgan fingerprint density at radius 2 is 1.89 bits per heavy atom. The van der Waals surface area contributed by atoms with Crippen molar-refractivity contribution in [2.24, 2.45) is 5.92 Å². The number of rotatable bonds is 5. The Hall–Kier alpha value is -1.57. The van der Waals surface area contributed by atoms with Crippen molar-refractivity contribution in [2.45, 2.75) is 38.5 Å². The second kappa shape index (κ2) is 7.78. The van der Waals surface area contributed by atoms with Gasteiger partial charge in [0, 0.05) is 6.08 Å². The molecule has 0 atom stereocenters. The van der Waals surface area contributed by atoms with E-state index in [1.54, 1.807) is 6.08 Å². The topological polar surface area (TPSA) is 26.3 Å². The number of carbonyl (C=O) groups is 1. The van der Waals surface area contributed by atoms with Crippen LogP contribution in [0.15, 0.2) is 36.4 Å². The van der Waals surface area contributed by atoms with Crippen LogP contribution in [0.4, 0.5) is 0 Å². The standard InChI is InChI=1S/C17H22O2/c18-17(12-11-15-7-3-1-4-8-15)19-14-13-16-9-5-2-6-10-16/h1,3-4,7-8,11-12,16H,2,5-6,9-10,13-14H2/b12-11+. The molecule has 1 aliphatic rings. The van der Waals surface area contributed by atoms with Crippen LogP contribution < -0.4 is 0 Å². The predicted octanol–water partition coefficient (Wildman–Crippen LogP) is 4.21. The predicted molar refractivity (Wildman–Crippen MR) is 77.6 cm³/mol. The van der Waals surface area contributed by atoms with Gasteiger partial charge in [-0.2, -0.15) is 0 Å². The summed E-state index contributed by atoms with van der Waals surface area (Å²) in [6, 6.07) is 9.79. The smallest absolute Gasteiger partial charge is 0.330 e. The van der Waals surface area contributed by atoms with Gasteiger partial charge in [0.05, 0.1) is 6.61 Å². The summed E-state index contributed by atoms with van der Waals surface area (Å²) >= 11 is 0. The van der Waals surface area contributed by atoms with Crippen molar-refractivity contribution in [2.75, 3.05) is 6.61 Å². The fourth-order valence-corrected chi connectivity index (χ4v) is 2.58. The van der Waals surface area contributed by atoms with Gasteiger partial charge in [-0.25, -0.2) is 4.79 Å². The van der Waals surface area contributed by atoms with E-state index in [1.807, 2.05) is 30.3 Å². The normalized spacial score (nSPS) is 16.6. The van der Waals surface area contributed by atoms with Gasteiger partial charge >= 0.3 is 5.97 Å². The molecule has 2 rings (SSSR count). The molecule has 102 valence electrons. The van der Waals surface area contributed by atoms with Gasteiger partial charge in [-0.05, 0) is 24.0 Å². The summed E-state index contributed by atoms with van der Waals surface area (Å²) < 4.78 is 5.24. The van der Waals surface area contributed by atoms with Crippen LogP contribution in [0.3, 0.4) is 0 Å². The third-order valence-corrected chi connectivity index (χ3v) is 3.71. The van der Waals surface area contributed by atoms with Gasteiger partial charge in [0.2, 0.25) is 0 Å². The molecule has 0 radical (unpaired) electrons. The molecule has 1 saturated carbocycles. The van der Waals surface area contributed by atoms with Crippen LogP contribution in [0, 0.1) is 5.92 Å². The van der Waals surface area contributed by atoms with Gasteiger partial charge in [0.15, 0.2) is 0 Å². The zero-order valence-corrected chi connectivity index (χ0v) is 11.4. The van der Waals surface area contributed by atoms with Gasteiger partial charge in [-0.3, -0.25) is 0 Å². The molecule has 1 aromatic rings. The number of esters is 1. The molecule has 0 bridgehead atoms.